The van der Waals surface area contributed by atoms with Gasteiger partial charge in [0.05, 0.1) is 12.0 Å². The Kier molecular flexibility index (Phi) is 7.34. The zero-order valence-electron chi connectivity index (χ0n) is 15.7. The van der Waals surface area contributed by atoms with Crippen LogP contribution in [0.3, 0.4) is 0 Å². The van der Waals surface area contributed by atoms with E-state index in [0.29, 0.717) is 30.7 Å². The van der Waals surface area contributed by atoms with Crippen molar-refractivity contribution in [1.29, 1.82) is 0 Å². The number of hydrogen-bond donors (Lipinski definition) is 1. The lowest BCUT2D eigenvalue weighted by atomic mass is 10.1. The number of nitro groups is 1. The normalized spacial score (nSPS) is 10.9. The average molecular weight is 426 g/mol. The van der Waals surface area contributed by atoms with Crippen molar-refractivity contribution in [3.8, 4) is 11.5 Å². The van der Waals surface area contributed by atoms with Gasteiger partial charge < -0.3 is 14.8 Å². The number of Topliss-reactive ketones (excluding diaryl/α,β-unsaturated/α-hetero) is 1. The summed E-state index contributed by atoms with van der Waals surface area (Å²) in [5.41, 5.74) is -0.262. The molecule has 0 unspecified atom stereocenters. The monoisotopic (exact) mass is 426 g/mol. The van der Waals surface area contributed by atoms with Crippen LogP contribution in [-0.4, -0.2) is 30.1 Å². The fourth-order valence-electron chi connectivity index (χ4n) is 2.51. The molecule has 30 heavy (non-hydrogen) atoms. The van der Waals surface area contributed by atoms with Gasteiger partial charge >= 0.3 is 12.0 Å². The summed E-state index contributed by atoms with van der Waals surface area (Å²) >= 11 is 0. The molecule has 2 rings (SSSR count). The largest absolute Gasteiger partial charge is 0.573 e. The number of nitro benzene ring substituents is 1. The highest BCUT2D eigenvalue weighted by molar-refractivity contribution is 6.40. The minimum absolute atomic E-state index is 0.0742. The molecule has 0 aliphatic rings. The van der Waals surface area contributed by atoms with Crippen molar-refractivity contribution in [1.82, 2.24) is 0 Å². The van der Waals surface area contributed by atoms with Gasteiger partial charge in [-0.25, -0.2) is 0 Å². The SMILES string of the molecule is COc1ccc(CCCC(=O)C(=O)Nc2ccc(OC(F)(F)F)c([N+](=O)[O-])c2)cc1. The fourth-order valence-corrected chi connectivity index (χ4v) is 2.51. The van der Waals surface area contributed by atoms with E-state index in [1.54, 1.807) is 12.1 Å². The molecule has 8 nitrogen and oxygen atoms in total. The number of alkyl halides is 3. The zero-order chi connectivity index (χ0) is 22.3. The highest BCUT2D eigenvalue weighted by Crippen LogP contribution is 2.34. The molecule has 11 heteroatoms. The lowest BCUT2D eigenvalue weighted by Crippen LogP contribution is -2.23. The number of ketones is 1. The molecule has 2 aromatic carbocycles. The number of nitrogens with one attached hydrogen (secondary N) is 1. The number of methoxy groups -OCH3 is 1. The van der Waals surface area contributed by atoms with Crippen molar-refractivity contribution in [2.75, 3.05) is 12.4 Å². The van der Waals surface area contributed by atoms with Gasteiger partial charge in [0, 0.05) is 18.2 Å². The Hall–Kier alpha value is -3.63. The van der Waals surface area contributed by atoms with E-state index in [9.17, 15) is 32.9 Å². The van der Waals surface area contributed by atoms with E-state index >= 15 is 0 Å². The highest BCUT2D eigenvalue weighted by Gasteiger charge is 2.34. The molecule has 2 aromatic rings. The lowest BCUT2D eigenvalue weighted by Gasteiger charge is -2.10. The fraction of sp³-hybridized carbons (Fsp3) is 0.263. The van der Waals surface area contributed by atoms with Crippen LogP contribution < -0.4 is 14.8 Å². The number of anilines is 1. The third-order valence-corrected chi connectivity index (χ3v) is 3.92. The van der Waals surface area contributed by atoms with Crippen LogP contribution in [0, 0.1) is 10.1 Å². The number of aryl methyl sites for hydroxylation is 1. The predicted octanol–water partition coefficient (Wildman–Crippen LogP) is 4.03. The maximum atomic E-state index is 12.3. The molecule has 160 valence electrons. The number of amides is 1. The summed E-state index contributed by atoms with van der Waals surface area (Å²) in [5.74, 6) is -2.13. The second kappa shape index (κ2) is 9.72. The van der Waals surface area contributed by atoms with E-state index in [2.05, 4.69) is 10.1 Å². The van der Waals surface area contributed by atoms with Crippen LogP contribution in [0.1, 0.15) is 18.4 Å². The summed E-state index contributed by atoms with van der Waals surface area (Å²) in [4.78, 5) is 33.8. The topological polar surface area (TPSA) is 108 Å². The molecule has 0 radical (unpaired) electrons. The first-order valence-corrected chi connectivity index (χ1v) is 8.60. The molecule has 0 aliphatic heterocycles. The number of nitrogens with zero attached hydrogens (tertiary/aromatic N) is 1. The van der Waals surface area contributed by atoms with Crippen molar-refractivity contribution in [3.63, 3.8) is 0 Å². The Balaban J connectivity index is 1.94. The molecule has 1 N–H and O–H groups in total. The van der Waals surface area contributed by atoms with Gasteiger partial charge in [-0.3, -0.25) is 19.7 Å². The summed E-state index contributed by atoms with van der Waals surface area (Å²) in [6, 6.07) is 9.53. The summed E-state index contributed by atoms with van der Waals surface area (Å²) < 4.78 is 45.6. The van der Waals surface area contributed by atoms with E-state index in [4.69, 9.17) is 4.74 Å². The van der Waals surface area contributed by atoms with E-state index in [-0.39, 0.29) is 12.1 Å². The Morgan fingerprint density at radius 1 is 1.13 bits per heavy atom. The smallest absolute Gasteiger partial charge is 0.497 e. The number of hydrogen-bond acceptors (Lipinski definition) is 6. The quantitative estimate of drug-likeness (QED) is 0.369. The van der Waals surface area contributed by atoms with Crippen molar-refractivity contribution >= 4 is 23.1 Å². The van der Waals surface area contributed by atoms with Gasteiger partial charge in [-0.05, 0) is 42.7 Å². The predicted molar refractivity (Wildman–Crippen MR) is 99.3 cm³/mol. The molecule has 1 amide bonds. The molecular weight excluding hydrogens is 409 g/mol. The van der Waals surface area contributed by atoms with Crippen molar-refractivity contribution in [2.45, 2.75) is 25.6 Å². The van der Waals surface area contributed by atoms with Crippen LogP contribution in [0.4, 0.5) is 24.5 Å². The third-order valence-electron chi connectivity index (χ3n) is 3.92. The van der Waals surface area contributed by atoms with Gasteiger partial charge in [0.1, 0.15) is 5.75 Å². The molecule has 0 spiro atoms. The first kappa shape index (κ1) is 22.7. The number of halogens is 3. The first-order chi connectivity index (χ1) is 14.1. The van der Waals surface area contributed by atoms with Crippen LogP contribution >= 0.6 is 0 Å². The van der Waals surface area contributed by atoms with E-state index in [1.807, 2.05) is 12.1 Å². The van der Waals surface area contributed by atoms with Crippen molar-refractivity contribution < 1.29 is 37.2 Å². The number of benzene rings is 2. The van der Waals surface area contributed by atoms with Crippen LogP contribution in [0.5, 0.6) is 11.5 Å². The Labute approximate surface area is 168 Å². The molecule has 0 saturated heterocycles. The van der Waals surface area contributed by atoms with Crippen LogP contribution in [0.2, 0.25) is 0 Å². The standard InChI is InChI=1S/C19H17F3N2O6/c1-29-14-8-5-12(6-9-14)3-2-4-16(25)18(26)23-13-7-10-17(30-19(20,21)22)15(11-13)24(27)28/h5-11H,2-4H2,1H3,(H,23,26). The van der Waals surface area contributed by atoms with E-state index in [1.165, 1.54) is 7.11 Å². The van der Waals surface area contributed by atoms with Crippen molar-refractivity contribution in [2.24, 2.45) is 0 Å². The molecule has 0 aliphatic carbocycles. The summed E-state index contributed by atoms with van der Waals surface area (Å²) in [7, 11) is 1.54. The highest BCUT2D eigenvalue weighted by atomic mass is 19.4. The minimum Gasteiger partial charge on any atom is -0.497 e. The number of rotatable bonds is 9. The molecule has 0 saturated carbocycles. The van der Waals surface area contributed by atoms with Crippen LogP contribution in [0.15, 0.2) is 42.5 Å². The molecule has 0 fully saturated rings. The maximum Gasteiger partial charge on any atom is 0.573 e. The van der Waals surface area contributed by atoms with Gasteiger partial charge in [-0.15, -0.1) is 13.2 Å². The van der Waals surface area contributed by atoms with E-state index < -0.39 is 34.4 Å². The molecule has 0 aromatic heterocycles. The number of ether oxygens (including phenoxy) is 2. The number of carbonyl (C=O) groups excluding carboxylic acids is 2. The maximum absolute atomic E-state index is 12.3. The average Bonchev–Trinajstić information content (AvgIpc) is 2.68. The van der Waals surface area contributed by atoms with Gasteiger partial charge in [-0.1, -0.05) is 12.1 Å². The van der Waals surface area contributed by atoms with Crippen molar-refractivity contribution in [3.05, 3.63) is 58.1 Å². The van der Waals surface area contributed by atoms with Crippen LogP contribution in [0.25, 0.3) is 0 Å². The molecule has 0 atom stereocenters. The third kappa shape index (κ3) is 6.76. The van der Waals surface area contributed by atoms with Crippen LogP contribution in [-0.2, 0) is 16.0 Å². The number of carbonyl (C=O) groups is 2. The minimum atomic E-state index is -5.12. The lowest BCUT2D eigenvalue weighted by molar-refractivity contribution is -0.388. The Bertz CT molecular complexity index is 929. The molecule has 0 heterocycles. The first-order valence-electron chi connectivity index (χ1n) is 8.60. The zero-order valence-corrected chi connectivity index (χ0v) is 15.7. The second-order valence-electron chi connectivity index (χ2n) is 6.07. The second-order valence-corrected chi connectivity index (χ2v) is 6.07. The summed E-state index contributed by atoms with van der Waals surface area (Å²) in [6.07, 6.45) is -4.26. The molecular formula is C19H17F3N2O6. The van der Waals surface area contributed by atoms with Gasteiger partial charge in [-0.2, -0.15) is 0 Å². The molecule has 0 bridgehead atoms. The van der Waals surface area contributed by atoms with Gasteiger partial charge in [0.2, 0.25) is 11.5 Å². The Morgan fingerprint density at radius 3 is 2.37 bits per heavy atom. The summed E-state index contributed by atoms with van der Waals surface area (Å²) in [5, 5.41) is 13.1. The van der Waals surface area contributed by atoms with E-state index in [0.717, 1.165) is 11.6 Å². The van der Waals surface area contributed by atoms with Gasteiger partial charge in [0.15, 0.2) is 0 Å². The van der Waals surface area contributed by atoms with Gasteiger partial charge in [0.25, 0.3) is 5.91 Å². The Morgan fingerprint density at radius 2 is 1.80 bits per heavy atom. The summed E-state index contributed by atoms with van der Waals surface area (Å²) in [6.45, 7) is 0.